The van der Waals surface area contributed by atoms with Crippen molar-refractivity contribution in [3.05, 3.63) is 11.9 Å². The summed E-state index contributed by atoms with van der Waals surface area (Å²) in [5.74, 6) is -1.60. The predicted molar refractivity (Wildman–Crippen MR) is 66.9 cm³/mol. The minimum Gasteiger partial charge on any atom is -0.480 e. The molecular weight excluding hydrogens is 250 g/mol. The first-order valence-corrected chi connectivity index (χ1v) is 6.09. The fourth-order valence-electron chi connectivity index (χ4n) is 1.56. The normalized spacial score (nSPS) is 13.8. The fraction of sp³-hybridized carbons (Fsp3) is 0.636. The summed E-state index contributed by atoms with van der Waals surface area (Å²) in [6.07, 6.45) is 2.22. The quantitative estimate of drug-likeness (QED) is 0.604. The van der Waals surface area contributed by atoms with Gasteiger partial charge in [0.15, 0.2) is 0 Å². The van der Waals surface area contributed by atoms with Crippen molar-refractivity contribution in [3.63, 3.8) is 0 Å². The van der Waals surface area contributed by atoms with E-state index >= 15 is 0 Å². The third kappa shape index (κ3) is 4.32. The van der Waals surface area contributed by atoms with Gasteiger partial charge in [-0.25, -0.2) is 9.48 Å². The number of aliphatic carboxylic acids is 1. The number of carbonyl (C=O) groups excluding carboxylic acids is 1. The van der Waals surface area contributed by atoms with E-state index in [2.05, 4.69) is 15.6 Å². The summed E-state index contributed by atoms with van der Waals surface area (Å²) < 4.78 is 1.33. The zero-order valence-electron chi connectivity index (χ0n) is 11.0. The molecule has 2 atom stereocenters. The van der Waals surface area contributed by atoms with E-state index in [-0.39, 0.29) is 19.0 Å². The van der Waals surface area contributed by atoms with Crippen LogP contribution in [0.15, 0.2) is 6.20 Å². The highest BCUT2D eigenvalue weighted by Crippen LogP contribution is 2.07. The first-order valence-electron chi connectivity index (χ1n) is 6.09. The molecule has 0 saturated carbocycles. The van der Waals surface area contributed by atoms with Crippen molar-refractivity contribution in [2.75, 3.05) is 0 Å². The molecule has 0 aromatic carbocycles. The summed E-state index contributed by atoms with van der Waals surface area (Å²) in [4.78, 5) is 22.8. The second kappa shape index (κ2) is 6.83. The summed E-state index contributed by atoms with van der Waals surface area (Å²) in [6, 6.07) is -0.894. The number of carboxylic acids is 1. The largest absolute Gasteiger partial charge is 0.480 e. The Bertz CT molecular complexity index is 445. The van der Waals surface area contributed by atoms with Gasteiger partial charge < -0.3 is 16.2 Å². The topological polar surface area (TPSA) is 123 Å². The molecule has 1 amide bonds. The van der Waals surface area contributed by atoms with Crippen LogP contribution >= 0.6 is 0 Å². The first-order chi connectivity index (χ1) is 8.97. The molecule has 19 heavy (non-hydrogen) atoms. The van der Waals surface area contributed by atoms with Crippen molar-refractivity contribution in [2.45, 2.75) is 39.4 Å². The molecule has 8 nitrogen and oxygen atoms in total. The predicted octanol–water partition coefficient (Wildman–Crippen LogP) is -0.648. The number of amides is 1. The van der Waals surface area contributed by atoms with Gasteiger partial charge in [-0.1, -0.05) is 25.5 Å². The van der Waals surface area contributed by atoms with Crippen molar-refractivity contribution in [3.8, 4) is 0 Å². The highest BCUT2D eigenvalue weighted by atomic mass is 16.4. The second-order valence-corrected chi connectivity index (χ2v) is 4.38. The lowest BCUT2D eigenvalue weighted by atomic mass is 9.99. The highest BCUT2D eigenvalue weighted by molar-refractivity contribution is 5.83. The van der Waals surface area contributed by atoms with Crippen LogP contribution in [-0.4, -0.2) is 38.0 Å². The van der Waals surface area contributed by atoms with Crippen LogP contribution in [0.5, 0.6) is 0 Å². The van der Waals surface area contributed by atoms with Gasteiger partial charge in [0.25, 0.3) is 0 Å². The van der Waals surface area contributed by atoms with Crippen molar-refractivity contribution in [1.82, 2.24) is 20.3 Å². The molecule has 1 heterocycles. The van der Waals surface area contributed by atoms with Crippen molar-refractivity contribution >= 4 is 11.9 Å². The number of nitrogens with two attached hydrogens (primary N) is 1. The first kappa shape index (κ1) is 15.1. The van der Waals surface area contributed by atoms with Gasteiger partial charge in [0, 0.05) is 6.54 Å². The van der Waals surface area contributed by atoms with Crippen LogP contribution in [0.4, 0.5) is 0 Å². The van der Waals surface area contributed by atoms with E-state index in [4.69, 9.17) is 10.8 Å². The lowest BCUT2D eigenvalue weighted by Crippen LogP contribution is -2.46. The number of carbonyl (C=O) groups is 2. The Kier molecular flexibility index (Phi) is 5.43. The van der Waals surface area contributed by atoms with E-state index < -0.39 is 17.9 Å². The number of nitrogens with zero attached hydrogens (tertiary/aromatic N) is 3. The summed E-state index contributed by atoms with van der Waals surface area (Å²) in [5.41, 5.74) is 5.95. The van der Waals surface area contributed by atoms with Crippen LogP contribution in [0, 0.1) is 5.92 Å². The van der Waals surface area contributed by atoms with Gasteiger partial charge in [0.05, 0.1) is 11.9 Å². The van der Waals surface area contributed by atoms with Gasteiger partial charge in [0.2, 0.25) is 5.91 Å². The standard InChI is InChI=1S/C11H19N5O3/c1-3-7(2)10(11(18)19)13-9(17)6-16-5-8(4-12)14-15-16/h5,7,10H,3-4,6,12H2,1-2H3,(H,13,17)(H,18,19). The maximum atomic E-state index is 11.8. The summed E-state index contributed by atoms with van der Waals surface area (Å²) in [6.45, 7) is 3.82. The van der Waals surface area contributed by atoms with Gasteiger partial charge in [-0.3, -0.25) is 4.79 Å². The fourth-order valence-corrected chi connectivity index (χ4v) is 1.56. The molecule has 0 bridgehead atoms. The monoisotopic (exact) mass is 269 g/mol. The number of rotatable bonds is 7. The van der Waals surface area contributed by atoms with Crippen molar-refractivity contribution in [1.29, 1.82) is 0 Å². The molecule has 1 aromatic heterocycles. The molecule has 4 N–H and O–H groups in total. The Morgan fingerprint density at radius 1 is 1.58 bits per heavy atom. The van der Waals surface area contributed by atoms with E-state index in [1.54, 1.807) is 13.1 Å². The average molecular weight is 269 g/mol. The third-order valence-electron chi connectivity index (χ3n) is 2.90. The van der Waals surface area contributed by atoms with Gasteiger partial charge >= 0.3 is 5.97 Å². The van der Waals surface area contributed by atoms with Crippen LogP contribution in [0.25, 0.3) is 0 Å². The highest BCUT2D eigenvalue weighted by Gasteiger charge is 2.25. The number of carboxylic acid groups (broad SMARTS) is 1. The number of aromatic nitrogens is 3. The van der Waals surface area contributed by atoms with Crippen molar-refractivity contribution < 1.29 is 14.7 Å². The molecule has 0 fully saturated rings. The van der Waals surface area contributed by atoms with Gasteiger partial charge in [-0.15, -0.1) is 5.10 Å². The Morgan fingerprint density at radius 3 is 2.74 bits per heavy atom. The maximum Gasteiger partial charge on any atom is 0.326 e. The zero-order chi connectivity index (χ0) is 14.4. The Morgan fingerprint density at radius 2 is 2.26 bits per heavy atom. The van der Waals surface area contributed by atoms with E-state index in [0.29, 0.717) is 12.1 Å². The van der Waals surface area contributed by atoms with Crippen molar-refractivity contribution in [2.24, 2.45) is 11.7 Å². The summed E-state index contributed by atoms with van der Waals surface area (Å²) >= 11 is 0. The van der Waals surface area contributed by atoms with Crippen LogP contribution in [-0.2, 0) is 22.7 Å². The molecule has 8 heteroatoms. The molecule has 2 unspecified atom stereocenters. The molecule has 106 valence electrons. The maximum absolute atomic E-state index is 11.8. The molecule has 0 spiro atoms. The van der Waals surface area contributed by atoms with Gasteiger partial charge in [0.1, 0.15) is 12.6 Å². The average Bonchev–Trinajstić information content (AvgIpc) is 2.82. The van der Waals surface area contributed by atoms with Crippen LogP contribution < -0.4 is 11.1 Å². The van der Waals surface area contributed by atoms with E-state index in [9.17, 15) is 9.59 Å². The SMILES string of the molecule is CCC(C)C(NC(=O)Cn1cc(CN)nn1)C(=O)O. The lowest BCUT2D eigenvalue weighted by molar-refractivity contribution is -0.143. The second-order valence-electron chi connectivity index (χ2n) is 4.38. The summed E-state index contributed by atoms with van der Waals surface area (Å²) in [7, 11) is 0. The molecule has 0 aliphatic carbocycles. The van der Waals surface area contributed by atoms with Gasteiger partial charge in [-0.05, 0) is 5.92 Å². The minimum absolute atomic E-state index is 0.0762. The van der Waals surface area contributed by atoms with E-state index in [0.717, 1.165) is 0 Å². The summed E-state index contributed by atoms with van der Waals surface area (Å²) in [5, 5.41) is 19.0. The van der Waals surface area contributed by atoms with E-state index in [1.807, 2.05) is 6.92 Å². The molecular formula is C11H19N5O3. The molecule has 0 saturated heterocycles. The number of hydrogen-bond acceptors (Lipinski definition) is 5. The lowest BCUT2D eigenvalue weighted by Gasteiger charge is -2.19. The third-order valence-corrected chi connectivity index (χ3v) is 2.90. The van der Waals surface area contributed by atoms with Crippen LogP contribution in [0.1, 0.15) is 26.0 Å². The number of nitrogens with one attached hydrogen (secondary N) is 1. The van der Waals surface area contributed by atoms with Gasteiger partial charge in [-0.2, -0.15) is 0 Å². The Labute approximate surface area is 111 Å². The minimum atomic E-state index is -1.04. The van der Waals surface area contributed by atoms with E-state index in [1.165, 1.54) is 4.68 Å². The zero-order valence-corrected chi connectivity index (χ0v) is 11.0. The molecule has 0 aliphatic rings. The smallest absolute Gasteiger partial charge is 0.326 e. The molecule has 1 aromatic rings. The molecule has 0 aliphatic heterocycles. The van der Waals surface area contributed by atoms with Crippen LogP contribution in [0.3, 0.4) is 0 Å². The Balaban J connectivity index is 2.60. The Hall–Kier alpha value is -1.96. The molecule has 1 rings (SSSR count). The number of hydrogen-bond donors (Lipinski definition) is 3. The molecule has 0 radical (unpaired) electrons. The van der Waals surface area contributed by atoms with Crippen LogP contribution in [0.2, 0.25) is 0 Å².